The van der Waals surface area contributed by atoms with E-state index in [0.29, 0.717) is 0 Å². The molecule has 0 heterocycles. The van der Waals surface area contributed by atoms with Crippen LogP contribution in [0.1, 0.15) is 12.5 Å². The number of carbonyl (C=O) groups is 2. The minimum atomic E-state index is -2.01. The van der Waals surface area contributed by atoms with Crippen LogP contribution in [-0.4, -0.2) is 22.8 Å². The van der Waals surface area contributed by atoms with E-state index in [1.54, 1.807) is 0 Å². The highest BCUT2D eigenvalue weighted by molar-refractivity contribution is 6.69. The molecule has 33 heavy (non-hydrogen) atoms. The smallest absolute Gasteiger partial charge is 0.257 e. The van der Waals surface area contributed by atoms with Crippen LogP contribution < -0.4 is 22.0 Å². The predicted octanol–water partition coefficient (Wildman–Crippen LogP) is 3.82. The fraction of sp³-hybridized carbons (Fsp3) is 0.120. The van der Waals surface area contributed by atoms with Gasteiger partial charge in [-0.1, -0.05) is 137 Å². The van der Waals surface area contributed by atoms with E-state index >= 15 is 0 Å². The highest BCUT2D eigenvalue weighted by atomic mass is 35.6. The third-order valence-corrected chi connectivity index (χ3v) is 4.99. The van der Waals surface area contributed by atoms with Crippen molar-refractivity contribution in [3.63, 3.8) is 0 Å². The summed E-state index contributed by atoms with van der Waals surface area (Å²) in [6.07, 6.45) is 0. The molecule has 0 aliphatic carbocycles. The average Bonchev–Trinajstić information content (AvgIpc) is 2.79. The first-order valence-electron chi connectivity index (χ1n) is 10.0. The molecule has 3 rings (SSSR count). The summed E-state index contributed by atoms with van der Waals surface area (Å²) in [6, 6.07) is 29.9. The summed E-state index contributed by atoms with van der Waals surface area (Å²) in [5.74, 6) is -1.25. The standard InChI is InChI=1S/C13H13Cl3N2O2.C12H10B/c1-8(19)10(11(17)13(14,15)16)12(20)18-7-9-5-3-2-4-6-9;1-3-7-11(8-4-1)13-12-9-5-2-6-10-12/h2-6H,7,17H2,1H3,(H,18,20);1-10H/b11-10-;. The number of Topliss-reactive ketones (excluding diaryl/α,β-unsaturated/α-hetero) is 1. The van der Waals surface area contributed by atoms with E-state index in [1.807, 2.05) is 42.5 Å². The Bertz CT molecular complexity index is 1030. The summed E-state index contributed by atoms with van der Waals surface area (Å²) < 4.78 is -2.01. The zero-order valence-corrected chi connectivity index (χ0v) is 20.2. The van der Waals surface area contributed by atoms with Gasteiger partial charge in [-0.05, 0) is 12.5 Å². The third-order valence-electron chi connectivity index (χ3n) is 4.38. The minimum absolute atomic E-state index is 0.240. The van der Waals surface area contributed by atoms with E-state index in [9.17, 15) is 9.59 Å². The SMILES string of the molecule is CC(=O)/C(C(=O)NCc1ccccc1)=C(/N)C(Cl)(Cl)Cl.[B](c1ccccc1)c1ccccc1. The number of hydrogen-bond acceptors (Lipinski definition) is 3. The molecule has 0 unspecified atom stereocenters. The molecule has 0 atom stereocenters. The van der Waals surface area contributed by atoms with Gasteiger partial charge in [0.15, 0.2) is 13.1 Å². The molecule has 0 fully saturated rings. The van der Waals surface area contributed by atoms with Gasteiger partial charge < -0.3 is 11.1 Å². The van der Waals surface area contributed by atoms with E-state index in [-0.39, 0.29) is 17.8 Å². The van der Waals surface area contributed by atoms with Crippen molar-refractivity contribution >= 4 is 64.7 Å². The molecule has 0 bridgehead atoms. The molecule has 3 aromatic rings. The molecule has 3 N–H and O–H groups in total. The van der Waals surface area contributed by atoms with Gasteiger partial charge in [0.2, 0.25) is 3.79 Å². The zero-order valence-electron chi connectivity index (χ0n) is 18.0. The monoisotopic (exact) mass is 499 g/mol. The molecule has 0 spiro atoms. The third kappa shape index (κ3) is 9.35. The maximum atomic E-state index is 12.0. The van der Waals surface area contributed by atoms with Gasteiger partial charge in [-0.15, -0.1) is 0 Å². The number of rotatable bonds is 6. The summed E-state index contributed by atoms with van der Waals surface area (Å²) in [4.78, 5) is 23.5. The summed E-state index contributed by atoms with van der Waals surface area (Å²) in [7, 11) is 2.17. The van der Waals surface area contributed by atoms with Crippen molar-refractivity contribution in [2.24, 2.45) is 5.73 Å². The Morgan fingerprint density at radius 3 is 1.64 bits per heavy atom. The number of ketones is 1. The Kier molecular flexibility index (Phi) is 10.5. The van der Waals surface area contributed by atoms with Crippen LogP contribution in [0, 0.1) is 0 Å². The number of nitrogens with one attached hydrogen (secondary N) is 1. The topological polar surface area (TPSA) is 72.2 Å². The molecule has 169 valence electrons. The molecule has 1 radical (unpaired) electrons. The summed E-state index contributed by atoms with van der Waals surface area (Å²) in [5.41, 5.74) is 8.19. The first kappa shape index (κ1) is 26.5. The van der Waals surface area contributed by atoms with Gasteiger partial charge in [0.1, 0.15) is 5.57 Å². The maximum absolute atomic E-state index is 12.0. The second kappa shape index (κ2) is 13.1. The molecule has 0 aliphatic rings. The fourth-order valence-electron chi connectivity index (χ4n) is 2.77. The molecule has 8 heteroatoms. The van der Waals surface area contributed by atoms with Crippen molar-refractivity contribution in [1.29, 1.82) is 0 Å². The second-order valence-electron chi connectivity index (χ2n) is 6.98. The lowest BCUT2D eigenvalue weighted by Crippen LogP contribution is -2.32. The lowest BCUT2D eigenvalue weighted by atomic mass is 9.64. The largest absolute Gasteiger partial charge is 0.398 e. The molecule has 0 aromatic heterocycles. The number of nitrogens with two attached hydrogens (primary N) is 1. The molecule has 0 saturated carbocycles. The highest BCUT2D eigenvalue weighted by Gasteiger charge is 2.31. The number of hydrogen-bond donors (Lipinski definition) is 2. The van der Waals surface area contributed by atoms with Crippen LogP contribution in [0.15, 0.2) is 102 Å². The fourth-order valence-corrected chi connectivity index (χ4v) is 3.05. The van der Waals surface area contributed by atoms with Crippen molar-refractivity contribution in [2.75, 3.05) is 0 Å². The zero-order chi connectivity index (χ0) is 24.3. The number of alkyl halides is 3. The summed E-state index contributed by atoms with van der Waals surface area (Å²) >= 11 is 16.8. The van der Waals surface area contributed by atoms with Crippen LogP contribution in [-0.2, 0) is 16.1 Å². The number of halogens is 3. The second-order valence-corrected chi connectivity index (χ2v) is 9.26. The van der Waals surface area contributed by atoms with Crippen molar-refractivity contribution in [2.45, 2.75) is 17.3 Å². The van der Waals surface area contributed by atoms with Crippen molar-refractivity contribution in [1.82, 2.24) is 5.32 Å². The van der Waals surface area contributed by atoms with Gasteiger partial charge in [0.05, 0.1) is 5.70 Å². The van der Waals surface area contributed by atoms with Crippen LogP contribution in [0.3, 0.4) is 0 Å². The van der Waals surface area contributed by atoms with E-state index in [2.05, 4.69) is 61.1 Å². The van der Waals surface area contributed by atoms with Gasteiger partial charge in [-0.25, -0.2) is 0 Å². The first-order chi connectivity index (χ1) is 15.7. The Hall–Kier alpha value is -2.73. The number of carbonyl (C=O) groups excluding carboxylic acids is 2. The molecule has 0 saturated heterocycles. The number of benzene rings is 3. The molecule has 4 nitrogen and oxygen atoms in total. The van der Waals surface area contributed by atoms with Gasteiger partial charge in [0.25, 0.3) is 5.91 Å². The van der Waals surface area contributed by atoms with Gasteiger partial charge in [-0.3, -0.25) is 9.59 Å². The number of amides is 1. The van der Waals surface area contributed by atoms with E-state index in [4.69, 9.17) is 40.5 Å². The summed E-state index contributed by atoms with van der Waals surface area (Å²) in [5, 5.41) is 2.56. The van der Waals surface area contributed by atoms with Gasteiger partial charge in [0, 0.05) is 6.54 Å². The van der Waals surface area contributed by atoms with Crippen LogP contribution in [0.5, 0.6) is 0 Å². The Morgan fingerprint density at radius 1 is 0.818 bits per heavy atom. The normalized spacial score (nSPS) is 11.4. The lowest BCUT2D eigenvalue weighted by Gasteiger charge is -2.15. The molecular formula is C25H23BCl3N2O2. The molecular weight excluding hydrogens is 477 g/mol. The predicted molar refractivity (Wildman–Crippen MR) is 138 cm³/mol. The van der Waals surface area contributed by atoms with E-state index in [1.165, 1.54) is 17.8 Å². The van der Waals surface area contributed by atoms with E-state index in [0.717, 1.165) is 5.56 Å². The molecule has 3 aromatic carbocycles. The minimum Gasteiger partial charge on any atom is -0.398 e. The lowest BCUT2D eigenvalue weighted by molar-refractivity contribution is -0.121. The number of allylic oxidation sites excluding steroid dienone is 1. The first-order valence-corrected chi connectivity index (χ1v) is 11.2. The van der Waals surface area contributed by atoms with Gasteiger partial charge >= 0.3 is 0 Å². The van der Waals surface area contributed by atoms with Crippen molar-refractivity contribution < 1.29 is 9.59 Å². The van der Waals surface area contributed by atoms with Gasteiger partial charge in [-0.2, -0.15) is 0 Å². The van der Waals surface area contributed by atoms with Crippen LogP contribution in [0.25, 0.3) is 0 Å². The summed E-state index contributed by atoms with van der Waals surface area (Å²) in [6.45, 7) is 1.42. The van der Waals surface area contributed by atoms with Crippen LogP contribution >= 0.6 is 34.8 Å². The van der Waals surface area contributed by atoms with Crippen LogP contribution in [0.2, 0.25) is 0 Å². The maximum Gasteiger partial charge on any atom is 0.257 e. The molecule has 1 amide bonds. The van der Waals surface area contributed by atoms with E-state index < -0.39 is 15.5 Å². The van der Waals surface area contributed by atoms with Crippen molar-refractivity contribution in [3.05, 3.63) is 108 Å². The quantitative estimate of drug-likeness (QED) is 0.178. The van der Waals surface area contributed by atoms with Crippen molar-refractivity contribution in [3.8, 4) is 0 Å². The Labute approximate surface area is 210 Å². The Morgan fingerprint density at radius 2 is 1.24 bits per heavy atom. The van der Waals surface area contributed by atoms with Crippen LogP contribution in [0.4, 0.5) is 0 Å². The highest BCUT2D eigenvalue weighted by Crippen LogP contribution is 2.33. The Balaban J connectivity index is 0.000000254. The molecule has 0 aliphatic heterocycles. The average molecular weight is 501 g/mol.